The minimum atomic E-state index is -0.197. The van der Waals surface area contributed by atoms with Gasteiger partial charge in [0.15, 0.2) is 4.80 Å². The Morgan fingerprint density at radius 3 is 2.69 bits per heavy atom. The maximum absolute atomic E-state index is 13.9. The molecule has 0 fully saturated rings. The van der Waals surface area contributed by atoms with E-state index in [9.17, 15) is 4.79 Å². The van der Waals surface area contributed by atoms with Gasteiger partial charge < -0.3 is 4.98 Å². The molecule has 170 valence electrons. The van der Waals surface area contributed by atoms with Crippen LogP contribution in [0.15, 0.2) is 94.4 Å². The smallest absolute Gasteiger partial charge is 0.271 e. The van der Waals surface area contributed by atoms with Crippen LogP contribution in [0.3, 0.4) is 0 Å². The van der Waals surface area contributed by atoms with E-state index in [-0.39, 0.29) is 11.6 Å². The number of aryl methyl sites for hydroxylation is 1. The Hall–Kier alpha value is -3.67. The molecule has 2 aromatic heterocycles. The van der Waals surface area contributed by atoms with Gasteiger partial charge in [-0.05, 0) is 53.8 Å². The molecule has 6 heteroatoms. The minimum absolute atomic E-state index is 0.00982. The summed E-state index contributed by atoms with van der Waals surface area (Å²) in [6, 6.07) is 24.3. The van der Waals surface area contributed by atoms with Gasteiger partial charge in [-0.15, -0.1) is 0 Å². The first kappa shape index (κ1) is 20.7. The number of hydrogen-bond donors (Lipinski definition) is 1. The Bertz CT molecular complexity index is 1840. The zero-order chi connectivity index (χ0) is 23.5. The maximum atomic E-state index is 13.9. The molecule has 1 aliphatic carbocycles. The van der Waals surface area contributed by atoms with E-state index in [1.165, 1.54) is 28.0 Å². The van der Waals surface area contributed by atoms with Gasteiger partial charge in [0, 0.05) is 33.2 Å². The van der Waals surface area contributed by atoms with E-state index >= 15 is 0 Å². The minimum Gasteiger partial charge on any atom is -0.361 e. The number of allylic oxidation sites excluding steroid dienone is 1. The Kier molecular flexibility index (Phi) is 4.69. The van der Waals surface area contributed by atoms with Crippen molar-refractivity contribution in [2.75, 3.05) is 0 Å². The lowest BCUT2D eigenvalue weighted by atomic mass is 9.83. The monoisotopic (exact) mass is 493 g/mol. The third kappa shape index (κ3) is 3.27. The van der Waals surface area contributed by atoms with E-state index < -0.39 is 0 Å². The average molecular weight is 494 g/mol. The van der Waals surface area contributed by atoms with Crippen molar-refractivity contribution in [2.24, 2.45) is 4.99 Å². The van der Waals surface area contributed by atoms with Gasteiger partial charge in [0.25, 0.3) is 5.56 Å². The number of H-pyrrole nitrogens is 1. The van der Waals surface area contributed by atoms with E-state index in [1.54, 1.807) is 0 Å². The molecule has 0 unspecified atom stereocenters. The lowest BCUT2D eigenvalue weighted by Gasteiger charge is -2.30. The molecule has 0 amide bonds. The summed E-state index contributed by atoms with van der Waals surface area (Å²) in [5, 5.41) is 1.78. The van der Waals surface area contributed by atoms with Crippen LogP contribution in [0, 0.1) is 0 Å². The highest BCUT2D eigenvalue weighted by Gasteiger charge is 2.32. The Labute approximate surface area is 210 Å². The second-order valence-corrected chi connectivity index (χ2v) is 10.4. The van der Waals surface area contributed by atoms with Crippen molar-refractivity contribution in [3.8, 4) is 0 Å². The number of aromatic nitrogens is 2. The number of rotatable bonds is 2. The largest absolute Gasteiger partial charge is 0.361 e. The van der Waals surface area contributed by atoms with Gasteiger partial charge in [0.05, 0.1) is 16.3 Å². The van der Waals surface area contributed by atoms with Gasteiger partial charge in [0.2, 0.25) is 0 Å². The molecule has 0 radical (unpaired) electrons. The summed E-state index contributed by atoms with van der Waals surface area (Å²) in [4.78, 5) is 23.0. The second-order valence-electron chi connectivity index (χ2n) is 8.95. The average Bonchev–Trinajstić information content (AvgIpc) is 3.44. The Morgan fingerprint density at radius 2 is 1.80 bits per heavy atom. The number of nitrogens with one attached hydrogen (secondary N) is 1. The van der Waals surface area contributed by atoms with E-state index in [0.29, 0.717) is 9.55 Å². The van der Waals surface area contributed by atoms with E-state index in [0.717, 1.165) is 45.4 Å². The van der Waals surface area contributed by atoms with Crippen molar-refractivity contribution < 1.29 is 0 Å². The maximum Gasteiger partial charge on any atom is 0.271 e. The standard InChI is InChI=1S/C29H20ClN3OS/c30-20-12-9-18(10-13-20)27-23-14-11-17-5-1-2-7-22(17)26(23)32-29-33(27)28(34)25(35-29)15-19-16-31-24-8-4-3-6-21(19)24/h1-10,12-13,15-16,27,31H,11,14H2/b25-15-/t27-/m1/s1. The predicted octanol–water partition coefficient (Wildman–Crippen LogP) is 5.45. The Balaban J connectivity index is 1.50. The summed E-state index contributed by atoms with van der Waals surface area (Å²) in [7, 11) is 0. The molecule has 5 aromatic rings. The van der Waals surface area contributed by atoms with Crippen LogP contribution < -0.4 is 14.9 Å². The predicted molar refractivity (Wildman–Crippen MR) is 142 cm³/mol. The quantitative estimate of drug-likeness (QED) is 0.349. The molecule has 7 rings (SSSR count). The SMILES string of the molecule is O=c1/c(=C/c2c[nH]c3ccccc23)sc2n1[C@H](c1ccc(Cl)cc1)C1=C(N=2)c2ccccc2CC1. The van der Waals surface area contributed by atoms with E-state index in [2.05, 4.69) is 35.3 Å². The van der Waals surface area contributed by atoms with Crippen LogP contribution in [-0.4, -0.2) is 9.55 Å². The normalized spacial score (nSPS) is 17.2. The van der Waals surface area contributed by atoms with Gasteiger partial charge in [-0.2, -0.15) is 0 Å². The molecule has 2 aliphatic rings. The third-order valence-corrected chi connectivity index (χ3v) is 8.20. The lowest BCUT2D eigenvalue weighted by molar-refractivity contribution is 0.585. The van der Waals surface area contributed by atoms with E-state index in [4.69, 9.17) is 16.6 Å². The molecule has 35 heavy (non-hydrogen) atoms. The molecule has 4 nitrogen and oxygen atoms in total. The van der Waals surface area contributed by atoms with Gasteiger partial charge in [-0.1, -0.05) is 77.5 Å². The summed E-state index contributed by atoms with van der Waals surface area (Å²) in [5.41, 5.74) is 7.77. The van der Waals surface area contributed by atoms with Gasteiger partial charge in [0.1, 0.15) is 0 Å². The summed E-state index contributed by atoms with van der Waals surface area (Å²) in [6.07, 6.45) is 5.75. The first-order valence-corrected chi connectivity index (χ1v) is 12.8. The lowest BCUT2D eigenvalue weighted by Crippen LogP contribution is -2.38. The van der Waals surface area contributed by atoms with E-state index in [1.807, 2.05) is 59.3 Å². The number of halogens is 1. The summed E-state index contributed by atoms with van der Waals surface area (Å²) in [6.45, 7) is 0. The van der Waals surface area contributed by atoms with Gasteiger partial charge in [-0.25, -0.2) is 4.99 Å². The fourth-order valence-corrected chi connectivity index (χ4v) is 6.44. The van der Waals surface area contributed by atoms with Crippen molar-refractivity contribution in [3.05, 3.63) is 132 Å². The molecule has 1 aliphatic heterocycles. The molecule has 3 heterocycles. The van der Waals surface area contributed by atoms with Crippen molar-refractivity contribution in [3.63, 3.8) is 0 Å². The van der Waals surface area contributed by atoms with Crippen molar-refractivity contribution in [1.29, 1.82) is 0 Å². The fraction of sp³-hybridized carbons (Fsp3) is 0.103. The zero-order valence-corrected chi connectivity index (χ0v) is 20.2. The van der Waals surface area contributed by atoms with Crippen LogP contribution in [0.25, 0.3) is 22.7 Å². The number of hydrogen-bond acceptors (Lipinski definition) is 3. The van der Waals surface area contributed by atoms with Crippen LogP contribution in [0.1, 0.15) is 34.7 Å². The van der Waals surface area contributed by atoms with Crippen molar-refractivity contribution >= 4 is 45.6 Å². The molecule has 0 bridgehead atoms. The molecular weight excluding hydrogens is 474 g/mol. The summed E-state index contributed by atoms with van der Waals surface area (Å²) < 4.78 is 2.56. The summed E-state index contributed by atoms with van der Waals surface area (Å²) in [5.74, 6) is 0. The number of nitrogens with zero attached hydrogens (tertiary/aromatic N) is 2. The van der Waals surface area contributed by atoms with Crippen LogP contribution in [0.4, 0.5) is 0 Å². The van der Waals surface area contributed by atoms with Gasteiger partial charge >= 0.3 is 0 Å². The molecule has 0 saturated heterocycles. The molecule has 1 N–H and O–H groups in total. The topological polar surface area (TPSA) is 50.1 Å². The van der Waals surface area contributed by atoms with Crippen LogP contribution in [0.2, 0.25) is 5.02 Å². The van der Waals surface area contributed by atoms with Gasteiger partial charge in [-0.3, -0.25) is 9.36 Å². The number of aromatic amines is 1. The molecule has 3 aromatic carbocycles. The number of fused-ring (bicyclic) bond motifs is 4. The highest BCUT2D eigenvalue weighted by atomic mass is 35.5. The molecule has 1 atom stereocenters. The molecule has 0 saturated carbocycles. The van der Waals surface area contributed by atoms with Crippen LogP contribution in [0.5, 0.6) is 0 Å². The molecular formula is C29H20ClN3OS. The zero-order valence-electron chi connectivity index (χ0n) is 18.7. The van der Waals surface area contributed by atoms with Crippen LogP contribution in [-0.2, 0) is 6.42 Å². The number of para-hydroxylation sites is 1. The first-order chi connectivity index (χ1) is 17.2. The highest BCUT2D eigenvalue weighted by molar-refractivity contribution is 7.07. The van der Waals surface area contributed by atoms with Crippen molar-refractivity contribution in [2.45, 2.75) is 18.9 Å². The number of benzene rings is 3. The number of thiazole rings is 1. The van der Waals surface area contributed by atoms with Crippen LogP contribution >= 0.6 is 22.9 Å². The third-order valence-electron chi connectivity index (χ3n) is 6.97. The second kappa shape index (κ2) is 7.94. The Morgan fingerprint density at radius 1 is 1.00 bits per heavy atom. The molecule has 0 spiro atoms. The summed E-state index contributed by atoms with van der Waals surface area (Å²) >= 11 is 7.67. The fourth-order valence-electron chi connectivity index (χ4n) is 5.32. The van der Waals surface area contributed by atoms with Crippen molar-refractivity contribution in [1.82, 2.24) is 9.55 Å². The highest BCUT2D eigenvalue weighted by Crippen LogP contribution is 2.41. The first-order valence-electron chi connectivity index (χ1n) is 11.6.